The summed E-state index contributed by atoms with van der Waals surface area (Å²) < 4.78 is 4.96. The molecule has 0 bridgehead atoms. The van der Waals surface area contributed by atoms with Crippen molar-refractivity contribution in [2.45, 2.75) is 18.8 Å². The van der Waals surface area contributed by atoms with E-state index in [1.54, 1.807) is 0 Å². The molecule has 0 saturated heterocycles. The van der Waals surface area contributed by atoms with E-state index >= 15 is 0 Å². The summed E-state index contributed by atoms with van der Waals surface area (Å²) in [5, 5.41) is 0. The summed E-state index contributed by atoms with van der Waals surface area (Å²) >= 11 is 0. The van der Waals surface area contributed by atoms with E-state index in [1.165, 1.54) is 23.8 Å². The van der Waals surface area contributed by atoms with Crippen LogP contribution in [0.1, 0.15) is 28.5 Å². The van der Waals surface area contributed by atoms with Crippen molar-refractivity contribution in [3.63, 3.8) is 0 Å². The van der Waals surface area contributed by atoms with Gasteiger partial charge in [-0.1, -0.05) is 60.2 Å². The highest BCUT2D eigenvalue weighted by atomic mass is 16.5. The fraction of sp³-hybridized carbons (Fsp3) is 0.278. The molecule has 3 rings (SSSR count). The maximum Gasteiger partial charge on any atom is 0.309 e. The van der Waals surface area contributed by atoms with Gasteiger partial charge in [-0.15, -0.1) is 0 Å². The van der Waals surface area contributed by atoms with E-state index < -0.39 is 0 Å². The molecule has 0 radical (unpaired) electrons. The Labute approximate surface area is 119 Å². The quantitative estimate of drug-likeness (QED) is 0.792. The van der Waals surface area contributed by atoms with Crippen molar-refractivity contribution < 1.29 is 9.53 Å². The number of aryl methyl sites for hydroxylation is 1. The molecule has 0 aliphatic heterocycles. The minimum absolute atomic E-state index is 0.0508. The number of ether oxygens (including phenoxy) is 1. The highest BCUT2D eigenvalue weighted by Crippen LogP contribution is 2.60. The molecule has 2 nitrogen and oxygen atoms in total. The first-order chi connectivity index (χ1) is 9.72. The standard InChI is InChI=1S/C18H18O2/c1-12-8-10-14(11-9-12)16-15(17(16)18(19)20-2)13-6-4-3-5-7-13/h3-11,15-17H,1-2H3. The summed E-state index contributed by atoms with van der Waals surface area (Å²) in [6.45, 7) is 2.07. The molecule has 2 aromatic carbocycles. The number of carbonyl (C=O) groups excluding carboxylic acids is 1. The van der Waals surface area contributed by atoms with Gasteiger partial charge in [-0.25, -0.2) is 0 Å². The molecular formula is C18H18O2. The maximum absolute atomic E-state index is 12.0. The molecule has 3 atom stereocenters. The lowest BCUT2D eigenvalue weighted by Crippen LogP contribution is -2.05. The first-order valence-corrected chi connectivity index (χ1v) is 6.91. The van der Waals surface area contributed by atoms with Gasteiger partial charge in [0.15, 0.2) is 0 Å². The van der Waals surface area contributed by atoms with Crippen LogP contribution in [0.3, 0.4) is 0 Å². The van der Waals surface area contributed by atoms with Gasteiger partial charge in [0, 0.05) is 11.8 Å². The lowest BCUT2D eigenvalue weighted by molar-refractivity contribution is -0.142. The van der Waals surface area contributed by atoms with Gasteiger partial charge in [0.2, 0.25) is 0 Å². The normalized spacial score (nSPS) is 24.2. The van der Waals surface area contributed by atoms with Crippen molar-refractivity contribution in [1.82, 2.24) is 0 Å². The van der Waals surface area contributed by atoms with Gasteiger partial charge in [0.25, 0.3) is 0 Å². The van der Waals surface area contributed by atoms with Crippen molar-refractivity contribution >= 4 is 5.97 Å². The summed E-state index contributed by atoms with van der Waals surface area (Å²) in [5.74, 6) is 0.325. The molecule has 1 saturated carbocycles. The molecule has 0 amide bonds. The minimum atomic E-state index is -0.107. The zero-order valence-electron chi connectivity index (χ0n) is 11.7. The maximum atomic E-state index is 12.0. The second-order valence-corrected chi connectivity index (χ2v) is 5.42. The lowest BCUT2D eigenvalue weighted by Gasteiger charge is -2.01. The van der Waals surface area contributed by atoms with Gasteiger partial charge >= 0.3 is 5.97 Å². The first kappa shape index (κ1) is 12.9. The van der Waals surface area contributed by atoms with Gasteiger partial charge in [0.1, 0.15) is 0 Å². The molecule has 2 heteroatoms. The van der Waals surface area contributed by atoms with E-state index in [2.05, 4.69) is 43.3 Å². The van der Waals surface area contributed by atoms with Gasteiger partial charge in [-0.3, -0.25) is 4.79 Å². The van der Waals surface area contributed by atoms with Crippen LogP contribution in [0.5, 0.6) is 0 Å². The first-order valence-electron chi connectivity index (χ1n) is 6.91. The Morgan fingerprint density at radius 2 is 1.45 bits per heavy atom. The largest absolute Gasteiger partial charge is 0.469 e. The fourth-order valence-electron chi connectivity index (χ4n) is 3.03. The second kappa shape index (κ2) is 5.12. The fourth-order valence-corrected chi connectivity index (χ4v) is 3.03. The Hall–Kier alpha value is -2.09. The second-order valence-electron chi connectivity index (χ2n) is 5.42. The van der Waals surface area contributed by atoms with Crippen LogP contribution >= 0.6 is 0 Å². The van der Waals surface area contributed by atoms with Crippen LogP contribution in [0.15, 0.2) is 54.6 Å². The van der Waals surface area contributed by atoms with E-state index in [1.807, 2.05) is 18.2 Å². The summed E-state index contributed by atoms with van der Waals surface area (Å²) in [4.78, 5) is 12.0. The Kier molecular flexibility index (Phi) is 3.31. The van der Waals surface area contributed by atoms with Crippen LogP contribution in [-0.2, 0) is 9.53 Å². The third-order valence-corrected chi connectivity index (χ3v) is 4.14. The molecule has 0 heterocycles. The van der Waals surface area contributed by atoms with E-state index in [4.69, 9.17) is 4.74 Å². The third kappa shape index (κ3) is 2.22. The summed E-state index contributed by atoms with van der Waals surface area (Å²) in [6.07, 6.45) is 0. The minimum Gasteiger partial charge on any atom is -0.469 e. The summed E-state index contributed by atoms with van der Waals surface area (Å²) in [7, 11) is 1.47. The van der Waals surface area contributed by atoms with E-state index in [9.17, 15) is 4.79 Å². The number of carbonyl (C=O) groups is 1. The number of benzene rings is 2. The zero-order valence-corrected chi connectivity index (χ0v) is 11.7. The monoisotopic (exact) mass is 266 g/mol. The molecule has 102 valence electrons. The van der Waals surface area contributed by atoms with Gasteiger partial charge in [-0.05, 0) is 18.1 Å². The third-order valence-electron chi connectivity index (χ3n) is 4.14. The highest BCUT2D eigenvalue weighted by Gasteiger charge is 2.56. The number of rotatable bonds is 3. The van der Waals surface area contributed by atoms with Crippen LogP contribution in [0.25, 0.3) is 0 Å². The zero-order chi connectivity index (χ0) is 14.1. The molecule has 1 aliphatic rings. The van der Waals surface area contributed by atoms with Crippen LogP contribution in [-0.4, -0.2) is 13.1 Å². The molecule has 20 heavy (non-hydrogen) atoms. The van der Waals surface area contributed by atoms with Gasteiger partial charge in [-0.2, -0.15) is 0 Å². The van der Waals surface area contributed by atoms with E-state index in [0.29, 0.717) is 0 Å². The highest BCUT2D eigenvalue weighted by molar-refractivity contribution is 5.80. The SMILES string of the molecule is COC(=O)C1C(c2ccccc2)C1c1ccc(C)cc1. The molecular weight excluding hydrogens is 248 g/mol. The van der Waals surface area contributed by atoms with Crippen LogP contribution in [0.4, 0.5) is 0 Å². The average Bonchev–Trinajstić information content (AvgIpc) is 3.23. The van der Waals surface area contributed by atoms with Gasteiger partial charge in [0.05, 0.1) is 13.0 Å². The topological polar surface area (TPSA) is 26.3 Å². The predicted molar refractivity (Wildman–Crippen MR) is 78.6 cm³/mol. The Bertz CT molecular complexity index is 601. The molecule has 1 aliphatic carbocycles. The Balaban J connectivity index is 1.92. The number of methoxy groups -OCH3 is 1. The van der Waals surface area contributed by atoms with E-state index in [-0.39, 0.29) is 23.7 Å². The number of esters is 1. The average molecular weight is 266 g/mol. The van der Waals surface area contributed by atoms with Crippen molar-refractivity contribution in [3.05, 3.63) is 71.3 Å². The Morgan fingerprint density at radius 3 is 2.00 bits per heavy atom. The van der Waals surface area contributed by atoms with E-state index in [0.717, 1.165) is 0 Å². The smallest absolute Gasteiger partial charge is 0.309 e. The van der Waals surface area contributed by atoms with Crippen molar-refractivity contribution in [1.29, 1.82) is 0 Å². The van der Waals surface area contributed by atoms with Crippen LogP contribution in [0, 0.1) is 12.8 Å². The molecule has 0 aromatic heterocycles. The molecule has 3 unspecified atom stereocenters. The van der Waals surface area contributed by atoms with Gasteiger partial charge < -0.3 is 4.74 Å². The molecule has 1 fully saturated rings. The molecule has 2 aromatic rings. The van der Waals surface area contributed by atoms with Crippen molar-refractivity contribution in [2.75, 3.05) is 7.11 Å². The lowest BCUT2D eigenvalue weighted by atomic mass is 10.0. The molecule has 0 N–H and O–H groups in total. The Morgan fingerprint density at radius 1 is 0.900 bits per heavy atom. The number of hydrogen-bond donors (Lipinski definition) is 0. The predicted octanol–water partition coefficient (Wildman–Crippen LogP) is 3.67. The summed E-state index contributed by atoms with van der Waals surface area (Å²) in [5.41, 5.74) is 3.67. The summed E-state index contributed by atoms with van der Waals surface area (Å²) in [6, 6.07) is 18.7. The van der Waals surface area contributed by atoms with Crippen LogP contribution in [0.2, 0.25) is 0 Å². The molecule has 0 spiro atoms. The van der Waals surface area contributed by atoms with Crippen molar-refractivity contribution in [3.8, 4) is 0 Å². The number of hydrogen-bond acceptors (Lipinski definition) is 2. The van der Waals surface area contributed by atoms with Crippen molar-refractivity contribution in [2.24, 2.45) is 5.92 Å². The van der Waals surface area contributed by atoms with Crippen LogP contribution < -0.4 is 0 Å².